The van der Waals surface area contributed by atoms with Crippen molar-refractivity contribution in [3.05, 3.63) is 121 Å². The standard InChI is InChI=1S/C31H24N4O4S/c1-38-28-15-9-8-14-26(28)27-20-35(34-33-27)24-16-18-25(19-17-24)40(36,37)21-29-32-30(22-10-4-2-5-11-22)31(39-29)23-12-6-3-7-13-23/h2-20H,21H2,1H3. The number of oxazole rings is 1. The molecule has 0 amide bonds. The van der Waals surface area contributed by atoms with Gasteiger partial charge in [-0.05, 0) is 36.4 Å². The summed E-state index contributed by atoms with van der Waals surface area (Å²) >= 11 is 0. The fraction of sp³-hybridized carbons (Fsp3) is 0.0645. The number of benzene rings is 4. The van der Waals surface area contributed by atoms with Crippen molar-refractivity contribution < 1.29 is 17.6 Å². The molecule has 6 aromatic rings. The van der Waals surface area contributed by atoms with Gasteiger partial charge in [-0.25, -0.2) is 18.1 Å². The molecule has 0 aliphatic heterocycles. The molecule has 9 heteroatoms. The topological polar surface area (TPSA) is 100 Å². The van der Waals surface area contributed by atoms with E-state index in [2.05, 4.69) is 15.3 Å². The molecule has 0 saturated carbocycles. The average Bonchev–Trinajstić information content (AvgIpc) is 3.66. The first-order valence-electron chi connectivity index (χ1n) is 12.5. The van der Waals surface area contributed by atoms with Gasteiger partial charge in [-0.1, -0.05) is 78.0 Å². The maximum atomic E-state index is 13.4. The van der Waals surface area contributed by atoms with E-state index in [1.165, 1.54) is 0 Å². The largest absolute Gasteiger partial charge is 0.496 e. The van der Waals surface area contributed by atoms with Crippen LogP contribution in [0.1, 0.15) is 5.89 Å². The second kappa shape index (κ2) is 10.6. The molecule has 0 saturated heterocycles. The summed E-state index contributed by atoms with van der Waals surface area (Å²) in [5.74, 6) is 0.970. The van der Waals surface area contributed by atoms with Gasteiger partial charge in [0, 0.05) is 16.7 Å². The lowest BCUT2D eigenvalue weighted by atomic mass is 10.1. The number of hydrogen-bond acceptors (Lipinski definition) is 7. The van der Waals surface area contributed by atoms with E-state index in [-0.39, 0.29) is 16.5 Å². The molecule has 2 heterocycles. The van der Waals surface area contributed by atoms with Crippen LogP contribution in [0.2, 0.25) is 0 Å². The average molecular weight is 549 g/mol. The summed E-state index contributed by atoms with van der Waals surface area (Å²) in [7, 11) is -2.14. The summed E-state index contributed by atoms with van der Waals surface area (Å²) in [6, 6.07) is 33.1. The van der Waals surface area contributed by atoms with Gasteiger partial charge in [0.25, 0.3) is 0 Å². The maximum absolute atomic E-state index is 13.4. The van der Waals surface area contributed by atoms with Gasteiger partial charge in [0.05, 0.1) is 23.9 Å². The zero-order valence-corrected chi connectivity index (χ0v) is 22.3. The number of rotatable bonds is 8. The molecule has 0 fully saturated rings. The Morgan fingerprint density at radius 2 is 1.45 bits per heavy atom. The molecule has 0 atom stereocenters. The van der Waals surface area contributed by atoms with E-state index in [9.17, 15) is 8.42 Å². The number of ether oxygens (including phenoxy) is 1. The van der Waals surface area contributed by atoms with Gasteiger partial charge >= 0.3 is 0 Å². The molecular formula is C31H24N4O4S. The zero-order valence-electron chi connectivity index (χ0n) is 21.5. The number of methoxy groups -OCH3 is 1. The van der Waals surface area contributed by atoms with Crippen molar-refractivity contribution in [3.63, 3.8) is 0 Å². The summed E-state index contributed by atoms with van der Waals surface area (Å²) in [4.78, 5) is 4.75. The first kappa shape index (κ1) is 25.3. The Balaban J connectivity index is 1.27. The molecule has 0 N–H and O–H groups in total. The van der Waals surface area contributed by atoms with Crippen LogP contribution in [0, 0.1) is 0 Å². The smallest absolute Gasteiger partial charge is 0.211 e. The van der Waals surface area contributed by atoms with Crippen molar-refractivity contribution in [3.8, 4) is 45.3 Å². The Morgan fingerprint density at radius 1 is 0.800 bits per heavy atom. The Morgan fingerprint density at radius 3 is 2.15 bits per heavy atom. The van der Waals surface area contributed by atoms with Crippen LogP contribution in [0.4, 0.5) is 0 Å². The summed E-state index contributed by atoms with van der Waals surface area (Å²) in [6.07, 6.45) is 1.77. The van der Waals surface area contributed by atoms with Crippen LogP contribution in [0.15, 0.2) is 125 Å². The van der Waals surface area contributed by atoms with Crippen molar-refractivity contribution in [1.29, 1.82) is 0 Å². The first-order chi connectivity index (χ1) is 19.5. The number of para-hydroxylation sites is 1. The van der Waals surface area contributed by atoms with E-state index in [1.54, 1.807) is 42.3 Å². The van der Waals surface area contributed by atoms with Gasteiger partial charge in [0.2, 0.25) is 5.89 Å². The Hall–Kier alpha value is -5.02. The van der Waals surface area contributed by atoms with E-state index >= 15 is 0 Å². The highest BCUT2D eigenvalue weighted by Crippen LogP contribution is 2.34. The SMILES string of the molecule is COc1ccccc1-c1cn(-c2ccc(S(=O)(=O)Cc3nc(-c4ccccc4)c(-c4ccccc4)o3)cc2)nn1. The van der Waals surface area contributed by atoms with Crippen LogP contribution in [0.5, 0.6) is 5.75 Å². The highest BCUT2D eigenvalue weighted by molar-refractivity contribution is 7.90. The van der Waals surface area contributed by atoms with Gasteiger partial charge in [0.15, 0.2) is 15.6 Å². The number of aromatic nitrogens is 4. The predicted octanol–water partition coefficient (Wildman–Crippen LogP) is 6.24. The summed E-state index contributed by atoms with van der Waals surface area (Å²) in [6.45, 7) is 0. The molecule has 198 valence electrons. The van der Waals surface area contributed by atoms with Gasteiger partial charge < -0.3 is 9.15 Å². The zero-order chi connectivity index (χ0) is 27.5. The molecule has 2 aromatic heterocycles. The second-order valence-electron chi connectivity index (χ2n) is 9.02. The lowest BCUT2D eigenvalue weighted by Gasteiger charge is -2.05. The highest BCUT2D eigenvalue weighted by Gasteiger charge is 2.23. The lowest BCUT2D eigenvalue weighted by molar-refractivity contribution is 0.416. The minimum atomic E-state index is -3.74. The molecule has 0 aliphatic carbocycles. The normalized spacial score (nSPS) is 11.4. The third-order valence-electron chi connectivity index (χ3n) is 6.40. The van der Waals surface area contributed by atoms with Gasteiger partial charge in [-0.3, -0.25) is 0 Å². The third kappa shape index (κ3) is 5.02. The van der Waals surface area contributed by atoms with Crippen molar-refractivity contribution in [2.75, 3.05) is 7.11 Å². The molecule has 8 nitrogen and oxygen atoms in total. The van der Waals surface area contributed by atoms with Gasteiger partial charge in [-0.15, -0.1) is 5.10 Å². The summed E-state index contributed by atoms with van der Waals surface area (Å²) in [5, 5.41) is 8.46. The monoisotopic (exact) mass is 548 g/mol. The molecule has 40 heavy (non-hydrogen) atoms. The number of nitrogens with zero attached hydrogens (tertiary/aromatic N) is 4. The Labute approximate surface area is 231 Å². The molecule has 0 aliphatic rings. The number of hydrogen-bond donors (Lipinski definition) is 0. The van der Waals surface area contributed by atoms with E-state index in [0.717, 1.165) is 16.7 Å². The van der Waals surface area contributed by atoms with Crippen molar-refractivity contribution in [2.24, 2.45) is 0 Å². The van der Waals surface area contributed by atoms with E-state index < -0.39 is 9.84 Å². The van der Waals surface area contributed by atoms with Crippen LogP contribution in [0.3, 0.4) is 0 Å². The summed E-state index contributed by atoms with van der Waals surface area (Å²) in [5.41, 5.74) is 4.39. The third-order valence-corrected chi connectivity index (χ3v) is 8.02. The van der Waals surface area contributed by atoms with Crippen LogP contribution < -0.4 is 4.74 Å². The minimum absolute atomic E-state index is 0.125. The molecule has 4 aromatic carbocycles. The molecular weight excluding hydrogens is 524 g/mol. The van der Waals surface area contributed by atoms with Crippen LogP contribution in [0.25, 0.3) is 39.5 Å². The minimum Gasteiger partial charge on any atom is -0.496 e. The van der Waals surface area contributed by atoms with Crippen LogP contribution in [-0.2, 0) is 15.6 Å². The Kier molecular flexibility index (Phi) is 6.71. The molecule has 0 spiro atoms. The van der Waals surface area contributed by atoms with E-state index in [4.69, 9.17) is 9.15 Å². The molecule has 0 bridgehead atoms. The molecule has 6 rings (SSSR count). The van der Waals surface area contributed by atoms with Gasteiger partial charge in [0.1, 0.15) is 22.9 Å². The number of sulfone groups is 1. The fourth-order valence-electron chi connectivity index (χ4n) is 4.42. The lowest BCUT2D eigenvalue weighted by Crippen LogP contribution is -2.06. The summed E-state index contributed by atoms with van der Waals surface area (Å²) < 4.78 is 39.8. The van der Waals surface area contributed by atoms with Crippen molar-refractivity contribution in [2.45, 2.75) is 10.6 Å². The molecule has 0 unspecified atom stereocenters. The maximum Gasteiger partial charge on any atom is 0.211 e. The van der Waals surface area contributed by atoms with E-state index in [0.29, 0.717) is 28.6 Å². The van der Waals surface area contributed by atoms with Crippen molar-refractivity contribution in [1.82, 2.24) is 20.0 Å². The van der Waals surface area contributed by atoms with Crippen LogP contribution in [-0.4, -0.2) is 35.5 Å². The highest BCUT2D eigenvalue weighted by atomic mass is 32.2. The van der Waals surface area contributed by atoms with Crippen LogP contribution >= 0.6 is 0 Å². The second-order valence-corrected chi connectivity index (χ2v) is 11.0. The molecule has 0 radical (unpaired) electrons. The first-order valence-corrected chi connectivity index (χ1v) is 14.2. The van der Waals surface area contributed by atoms with Crippen molar-refractivity contribution >= 4 is 9.84 Å². The van der Waals surface area contributed by atoms with Gasteiger partial charge in [-0.2, -0.15) is 0 Å². The predicted molar refractivity (Wildman–Crippen MR) is 152 cm³/mol. The quantitative estimate of drug-likeness (QED) is 0.222. The Bertz CT molecular complexity index is 1810. The van der Waals surface area contributed by atoms with E-state index in [1.807, 2.05) is 84.9 Å². The fourth-order valence-corrected chi connectivity index (χ4v) is 5.59.